The molecule has 1 N–H and O–H groups in total. The highest BCUT2D eigenvalue weighted by atomic mass is 32.2. The lowest BCUT2D eigenvalue weighted by Gasteiger charge is -2.29. The van der Waals surface area contributed by atoms with Crippen LogP contribution in [0.3, 0.4) is 0 Å². The van der Waals surface area contributed by atoms with Gasteiger partial charge in [0.05, 0.1) is 17.7 Å². The Hall–Kier alpha value is -0.820. The van der Waals surface area contributed by atoms with E-state index in [9.17, 15) is 18.3 Å². The molecule has 0 aromatic carbocycles. The summed E-state index contributed by atoms with van der Waals surface area (Å²) >= 11 is 1.27. The molecule has 94 valence electrons. The second kappa shape index (κ2) is 4.45. The predicted octanol–water partition coefficient (Wildman–Crippen LogP) is 2.36. The molecule has 1 aliphatic carbocycles. The van der Waals surface area contributed by atoms with Gasteiger partial charge in [-0.1, -0.05) is 11.8 Å². The number of halogens is 3. The average molecular weight is 264 g/mol. The normalized spacial score (nSPS) is 24.5. The first-order valence-corrected chi connectivity index (χ1v) is 6.29. The quantitative estimate of drug-likeness (QED) is 0.625. The Morgan fingerprint density at radius 2 is 2.18 bits per heavy atom. The van der Waals surface area contributed by atoms with Gasteiger partial charge in [-0.2, -0.15) is 13.2 Å². The largest absolute Gasteiger partial charge is 0.392 e. The number of rotatable bonds is 1. The number of nitrogens with zero attached hydrogens (tertiary/aromatic N) is 2. The summed E-state index contributed by atoms with van der Waals surface area (Å²) in [5.74, 6) is -1.52. The van der Waals surface area contributed by atoms with Gasteiger partial charge in [0.25, 0.3) is 0 Å². The summed E-state index contributed by atoms with van der Waals surface area (Å²) in [4.78, 5) is 8.00. The molecule has 1 aromatic heterocycles. The van der Waals surface area contributed by atoms with Gasteiger partial charge < -0.3 is 5.11 Å². The van der Waals surface area contributed by atoms with E-state index in [4.69, 9.17) is 0 Å². The third-order valence-corrected chi connectivity index (χ3v) is 3.39. The van der Waals surface area contributed by atoms with Crippen LogP contribution in [0.4, 0.5) is 13.2 Å². The van der Waals surface area contributed by atoms with Crippen molar-refractivity contribution in [1.29, 1.82) is 0 Å². The van der Waals surface area contributed by atoms with Crippen molar-refractivity contribution in [3.63, 3.8) is 0 Å². The topological polar surface area (TPSA) is 46.0 Å². The van der Waals surface area contributed by atoms with Crippen LogP contribution in [-0.4, -0.2) is 27.5 Å². The highest BCUT2D eigenvalue weighted by molar-refractivity contribution is 7.98. The monoisotopic (exact) mass is 264 g/mol. The summed E-state index contributed by atoms with van der Waals surface area (Å²) in [6, 6.07) is 0. The van der Waals surface area contributed by atoms with Crippen LogP contribution < -0.4 is 0 Å². The molecule has 3 nitrogen and oxygen atoms in total. The van der Waals surface area contributed by atoms with Crippen molar-refractivity contribution in [1.82, 2.24) is 9.97 Å². The zero-order chi connectivity index (χ0) is 12.6. The fourth-order valence-corrected chi connectivity index (χ4v) is 2.27. The maximum absolute atomic E-state index is 12.6. The van der Waals surface area contributed by atoms with Gasteiger partial charge in [-0.05, 0) is 12.7 Å². The van der Waals surface area contributed by atoms with Crippen molar-refractivity contribution < 1.29 is 18.3 Å². The number of hydrogen-bond acceptors (Lipinski definition) is 4. The van der Waals surface area contributed by atoms with Crippen LogP contribution in [0, 0.1) is 5.92 Å². The lowest BCUT2D eigenvalue weighted by atomic mass is 9.85. The number of aliphatic hydroxyl groups excluding tert-OH is 1. The standard InChI is InChI=1S/C10H11F3N2OS/c1-17-9-14-4-6-7(15-9)2-5(3-8(6)16)10(11,12)13/h4-5,8,16H,2-3H2,1H3/t5-,8-/m0/s1. The minimum absolute atomic E-state index is 0.175. The maximum atomic E-state index is 12.6. The summed E-state index contributed by atoms with van der Waals surface area (Å²) in [5.41, 5.74) is 0.730. The van der Waals surface area contributed by atoms with Gasteiger partial charge in [0, 0.05) is 18.2 Å². The minimum atomic E-state index is -4.29. The van der Waals surface area contributed by atoms with Crippen LogP contribution in [0.2, 0.25) is 0 Å². The second-order valence-corrected chi connectivity index (χ2v) is 4.73. The molecule has 2 atom stereocenters. The van der Waals surface area contributed by atoms with Crippen molar-refractivity contribution in [3.05, 3.63) is 17.5 Å². The predicted molar refractivity (Wildman–Crippen MR) is 56.6 cm³/mol. The van der Waals surface area contributed by atoms with Crippen molar-refractivity contribution >= 4 is 11.8 Å². The van der Waals surface area contributed by atoms with Crippen molar-refractivity contribution in [2.45, 2.75) is 30.3 Å². The van der Waals surface area contributed by atoms with E-state index >= 15 is 0 Å². The Bertz CT molecular complexity index is 425. The SMILES string of the molecule is CSc1ncc2c(n1)C[C@H](C(F)(F)F)C[C@@H]2O. The Balaban J connectivity index is 2.34. The van der Waals surface area contributed by atoms with E-state index in [-0.39, 0.29) is 12.8 Å². The number of thioether (sulfide) groups is 1. The molecule has 17 heavy (non-hydrogen) atoms. The molecule has 0 aliphatic heterocycles. The lowest BCUT2D eigenvalue weighted by molar-refractivity contribution is -0.184. The molecule has 1 aromatic rings. The molecule has 1 heterocycles. The first kappa shape index (κ1) is 12.6. The van der Waals surface area contributed by atoms with Crippen LogP contribution >= 0.6 is 11.8 Å². The Labute approximate surface area is 100 Å². The van der Waals surface area contributed by atoms with Gasteiger partial charge >= 0.3 is 6.18 Å². The van der Waals surface area contributed by atoms with E-state index in [0.29, 0.717) is 16.4 Å². The fourth-order valence-electron chi connectivity index (χ4n) is 1.91. The first-order chi connectivity index (χ1) is 7.91. The van der Waals surface area contributed by atoms with Crippen molar-refractivity contribution in [2.24, 2.45) is 5.92 Å². The molecule has 0 spiro atoms. The second-order valence-electron chi connectivity index (χ2n) is 3.95. The molecule has 1 aliphatic rings. The number of fused-ring (bicyclic) bond motifs is 1. The zero-order valence-corrected chi connectivity index (χ0v) is 9.85. The third-order valence-electron chi connectivity index (χ3n) is 2.83. The van der Waals surface area contributed by atoms with Crippen molar-refractivity contribution in [2.75, 3.05) is 6.26 Å². The molecule has 0 radical (unpaired) electrons. The number of alkyl halides is 3. The molecule has 0 bridgehead atoms. The Morgan fingerprint density at radius 1 is 1.47 bits per heavy atom. The molecule has 7 heteroatoms. The van der Waals surface area contributed by atoms with E-state index in [1.165, 1.54) is 18.0 Å². The van der Waals surface area contributed by atoms with E-state index < -0.39 is 18.2 Å². The van der Waals surface area contributed by atoms with Gasteiger partial charge in [0.1, 0.15) is 0 Å². The Morgan fingerprint density at radius 3 is 2.76 bits per heavy atom. The third kappa shape index (κ3) is 2.55. The number of hydrogen-bond donors (Lipinski definition) is 1. The fraction of sp³-hybridized carbons (Fsp3) is 0.600. The van der Waals surface area contributed by atoms with Gasteiger partial charge in [0.15, 0.2) is 5.16 Å². The maximum Gasteiger partial charge on any atom is 0.392 e. The summed E-state index contributed by atoms with van der Waals surface area (Å²) in [6.45, 7) is 0. The molecular formula is C10H11F3N2OS. The van der Waals surface area contributed by atoms with E-state index in [1.54, 1.807) is 6.26 Å². The molecule has 0 saturated heterocycles. The zero-order valence-electron chi connectivity index (χ0n) is 9.03. The van der Waals surface area contributed by atoms with Crippen LogP contribution in [0.5, 0.6) is 0 Å². The summed E-state index contributed by atoms with van der Waals surface area (Å²) in [7, 11) is 0. The molecule has 0 fully saturated rings. The number of aromatic nitrogens is 2. The van der Waals surface area contributed by atoms with E-state index in [2.05, 4.69) is 9.97 Å². The molecule has 0 amide bonds. The summed E-state index contributed by atoms with van der Waals surface area (Å²) in [5, 5.41) is 10.1. The highest BCUT2D eigenvalue weighted by Gasteiger charge is 2.44. The summed E-state index contributed by atoms with van der Waals surface area (Å²) < 4.78 is 37.9. The van der Waals surface area contributed by atoms with Gasteiger partial charge in [-0.25, -0.2) is 9.97 Å². The lowest BCUT2D eigenvalue weighted by Crippen LogP contribution is -2.31. The molecular weight excluding hydrogens is 253 g/mol. The molecule has 0 saturated carbocycles. The van der Waals surface area contributed by atoms with Crippen LogP contribution in [0.15, 0.2) is 11.4 Å². The van der Waals surface area contributed by atoms with Crippen molar-refractivity contribution in [3.8, 4) is 0 Å². The summed E-state index contributed by atoms with van der Waals surface area (Å²) in [6.07, 6.45) is -2.72. The highest BCUT2D eigenvalue weighted by Crippen LogP contribution is 2.40. The van der Waals surface area contributed by atoms with Gasteiger partial charge in [-0.3, -0.25) is 0 Å². The van der Waals surface area contributed by atoms with Crippen LogP contribution in [-0.2, 0) is 6.42 Å². The minimum Gasteiger partial charge on any atom is -0.388 e. The van der Waals surface area contributed by atoms with Crippen LogP contribution in [0.25, 0.3) is 0 Å². The smallest absolute Gasteiger partial charge is 0.388 e. The molecule has 2 rings (SSSR count). The average Bonchev–Trinajstić information content (AvgIpc) is 2.27. The molecule has 0 unspecified atom stereocenters. The van der Waals surface area contributed by atoms with Gasteiger partial charge in [0.2, 0.25) is 0 Å². The van der Waals surface area contributed by atoms with Crippen LogP contribution in [0.1, 0.15) is 23.8 Å². The Kier molecular flexibility index (Phi) is 3.31. The van der Waals surface area contributed by atoms with E-state index in [1.807, 2.05) is 0 Å². The van der Waals surface area contributed by atoms with Gasteiger partial charge in [-0.15, -0.1) is 0 Å². The first-order valence-electron chi connectivity index (χ1n) is 5.06. The number of aliphatic hydroxyl groups is 1. The van der Waals surface area contributed by atoms with E-state index in [0.717, 1.165) is 0 Å².